The van der Waals surface area contributed by atoms with E-state index in [1.54, 1.807) is 0 Å². The Morgan fingerprint density at radius 3 is 1.41 bits per heavy atom. The number of thiol groups is 4. The third-order valence-corrected chi connectivity index (χ3v) is 5.02. The van der Waals surface area contributed by atoms with E-state index in [9.17, 15) is 0 Å². The number of hydrogen-bond donors (Lipinski definition) is 4. The maximum absolute atomic E-state index is 5.58. The van der Waals surface area contributed by atoms with E-state index in [1.807, 2.05) is 0 Å². The lowest BCUT2D eigenvalue weighted by atomic mass is 10.2. The van der Waals surface area contributed by atoms with Crippen LogP contribution in [0.5, 0.6) is 0 Å². The number of rotatable bonds is 10. The van der Waals surface area contributed by atoms with E-state index < -0.39 is 0 Å². The highest BCUT2D eigenvalue weighted by atomic mass is 32.2. The highest BCUT2D eigenvalue weighted by Gasteiger charge is 2.17. The molecule has 0 spiro atoms. The second-order valence-electron chi connectivity index (χ2n) is 4.49. The lowest BCUT2D eigenvalue weighted by molar-refractivity contribution is 0.125. The van der Waals surface area contributed by atoms with Crippen molar-refractivity contribution in [2.45, 2.75) is 60.5 Å². The fourth-order valence-corrected chi connectivity index (χ4v) is 2.00. The zero-order chi connectivity index (χ0) is 13.4. The smallest absolute Gasteiger partial charge is 0.0550 e. The molecule has 0 amide bonds. The van der Waals surface area contributed by atoms with E-state index in [0.29, 0.717) is 0 Å². The van der Waals surface area contributed by atoms with Gasteiger partial charge in [0.2, 0.25) is 0 Å². The summed E-state index contributed by atoms with van der Waals surface area (Å²) >= 11 is 17.9. The van der Waals surface area contributed by atoms with Crippen LogP contribution < -0.4 is 0 Å². The Kier molecular flexibility index (Phi) is 10.0. The molecule has 104 valence electrons. The van der Waals surface area contributed by atoms with Gasteiger partial charge in [0.25, 0.3) is 0 Å². The van der Waals surface area contributed by atoms with Crippen LogP contribution in [0.1, 0.15) is 52.4 Å². The predicted octanol–water partition coefficient (Wildman–Crippen LogP) is 4.50. The molecule has 0 aliphatic heterocycles. The molecule has 0 atom stereocenters. The molecule has 0 bridgehead atoms. The first kappa shape index (κ1) is 18.4. The van der Waals surface area contributed by atoms with Crippen LogP contribution in [-0.2, 0) is 4.74 Å². The molecule has 0 rings (SSSR count). The Balaban J connectivity index is 3.36. The van der Waals surface area contributed by atoms with E-state index in [0.717, 1.165) is 51.7 Å². The zero-order valence-electron chi connectivity index (χ0n) is 10.9. The lowest BCUT2D eigenvalue weighted by Crippen LogP contribution is -2.14. The van der Waals surface area contributed by atoms with Crippen molar-refractivity contribution in [2.75, 3.05) is 13.2 Å². The molecule has 0 aromatic carbocycles. The van der Waals surface area contributed by atoms with Crippen molar-refractivity contribution in [1.29, 1.82) is 0 Å². The first-order valence-corrected chi connectivity index (χ1v) is 8.09. The van der Waals surface area contributed by atoms with Crippen LogP contribution >= 0.6 is 50.5 Å². The zero-order valence-corrected chi connectivity index (χ0v) is 14.4. The van der Waals surface area contributed by atoms with Gasteiger partial charge in [0, 0.05) is 13.2 Å². The van der Waals surface area contributed by atoms with E-state index in [4.69, 9.17) is 4.74 Å². The fourth-order valence-electron chi connectivity index (χ4n) is 1.37. The lowest BCUT2D eigenvalue weighted by Gasteiger charge is -2.21. The Morgan fingerprint density at radius 1 is 0.765 bits per heavy atom. The average molecular weight is 315 g/mol. The molecular weight excluding hydrogens is 288 g/mol. The van der Waals surface area contributed by atoms with E-state index in [2.05, 4.69) is 64.4 Å². The molecule has 0 saturated carbocycles. The standard InChI is InChI=1S/C12H26OS4/c1-3-11(14,15)7-5-9-13-10-6-8-12(16,17)4-2/h14-17H,3-10H2,1-2H3. The second kappa shape index (κ2) is 9.29. The highest BCUT2D eigenvalue weighted by molar-refractivity contribution is 8.00. The highest BCUT2D eigenvalue weighted by Crippen LogP contribution is 2.30. The molecule has 0 unspecified atom stereocenters. The van der Waals surface area contributed by atoms with Gasteiger partial charge in [-0.05, 0) is 38.5 Å². The Morgan fingerprint density at radius 2 is 1.12 bits per heavy atom. The summed E-state index contributed by atoms with van der Waals surface area (Å²) in [6.07, 6.45) is 5.93. The summed E-state index contributed by atoms with van der Waals surface area (Å²) in [7, 11) is 0. The summed E-state index contributed by atoms with van der Waals surface area (Å²) in [6, 6.07) is 0. The first-order chi connectivity index (χ1) is 7.83. The molecular formula is C12H26OS4. The van der Waals surface area contributed by atoms with Gasteiger partial charge in [0.1, 0.15) is 0 Å². The van der Waals surface area contributed by atoms with Crippen molar-refractivity contribution in [3.63, 3.8) is 0 Å². The van der Waals surface area contributed by atoms with Crippen LogP contribution in [-0.4, -0.2) is 21.4 Å². The van der Waals surface area contributed by atoms with Crippen LogP contribution in [0.15, 0.2) is 0 Å². The monoisotopic (exact) mass is 314 g/mol. The Bertz CT molecular complexity index is 175. The molecule has 0 aromatic heterocycles. The Labute approximate surface area is 128 Å². The summed E-state index contributed by atoms with van der Waals surface area (Å²) in [5.41, 5.74) is 0. The number of hydrogen-bond acceptors (Lipinski definition) is 5. The topological polar surface area (TPSA) is 9.23 Å². The van der Waals surface area contributed by atoms with Crippen molar-refractivity contribution in [1.82, 2.24) is 0 Å². The fraction of sp³-hybridized carbons (Fsp3) is 1.00. The summed E-state index contributed by atoms with van der Waals surface area (Å²) in [6.45, 7) is 5.79. The largest absolute Gasteiger partial charge is 0.381 e. The molecule has 0 aliphatic rings. The molecule has 0 aliphatic carbocycles. The van der Waals surface area contributed by atoms with Gasteiger partial charge in [-0.25, -0.2) is 0 Å². The average Bonchev–Trinajstić information content (AvgIpc) is 2.27. The molecule has 0 fully saturated rings. The summed E-state index contributed by atoms with van der Waals surface area (Å²) in [5, 5.41) is 0. The summed E-state index contributed by atoms with van der Waals surface area (Å²) in [5.74, 6) is 0. The van der Waals surface area contributed by atoms with Gasteiger partial charge in [0.15, 0.2) is 0 Å². The minimum absolute atomic E-state index is 0.142. The summed E-state index contributed by atoms with van der Waals surface area (Å²) < 4.78 is 5.29. The second-order valence-corrected chi connectivity index (χ2v) is 8.62. The molecule has 0 radical (unpaired) electrons. The van der Waals surface area contributed by atoms with E-state index in [1.165, 1.54) is 0 Å². The van der Waals surface area contributed by atoms with Gasteiger partial charge in [-0.1, -0.05) is 13.8 Å². The summed E-state index contributed by atoms with van der Waals surface area (Å²) in [4.78, 5) is 0. The van der Waals surface area contributed by atoms with Crippen molar-refractivity contribution in [3.05, 3.63) is 0 Å². The van der Waals surface area contributed by atoms with Gasteiger partial charge in [-0.2, -0.15) is 50.5 Å². The van der Waals surface area contributed by atoms with Gasteiger partial charge < -0.3 is 4.74 Å². The number of ether oxygens (including phenoxy) is 1. The SMILES string of the molecule is CCC(S)(S)CCCOCCCC(S)(S)CC. The maximum atomic E-state index is 5.58. The molecule has 0 heterocycles. The molecule has 0 N–H and O–H groups in total. The quantitative estimate of drug-likeness (QED) is 0.264. The van der Waals surface area contributed by atoms with Gasteiger partial charge in [-0.3, -0.25) is 0 Å². The third-order valence-electron chi connectivity index (χ3n) is 2.86. The third kappa shape index (κ3) is 10.9. The molecule has 1 nitrogen and oxygen atoms in total. The van der Waals surface area contributed by atoms with Gasteiger partial charge in [-0.15, -0.1) is 0 Å². The molecule has 17 heavy (non-hydrogen) atoms. The molecule has 0 aromatic rings. The minimum atomic E-state index is -0.142. The molecule has 5 heteroatoms. The van der Waals surface area contributed by atoms with Crippen molar-refractivity contribution < 1.29 is 4.74 Å². The van der Waals surface area contributed by atoms with Crippen LogP contribution in [0.3, 0.4) is 0 Å². The van der Waals surface area contributed by atoms with Crippen molar-refractivity contribution in [3.8, 4) is 0 Å². The van der Waals surface area contributed by atoms with Gasteiger partial charge in [0.05, 0.1) is 8.16 Å². The predicted molar refractivity (Wildman–Crippen MR) is 91.3 cm³/mol. The van der Waals surface area contributed by atoms with Crippen LogP contribution in [0, 0.1) is 0 Å². The van der Waals surface area contributed by atoms with Crippen LogP contribution in [0.25, 0.3) is 0 Å². The Hall–Kier alpha value is 1.36. The van der Waals surface area contributed by atoms with Crippen LogP contribution in [0.4, 0.5) is 0 Å². The van der Waals surface area contributed by atoms with Crippen molar-refractivity contribution >= 4 is 50.5 Å². The maximum Gasteiger partial charge on any atom is 0.0550 e. The van der Waals surface area contributed by atoms with Gasteiger partial charge >= 0.3 is 0 Å². The van der Waals surface area contributed by atoms with E-state index in [-0.39, 0.29) is 8.16 Å². The minimum Gasteiger partial charge on any atom is -0.381 e. The van der Waals surface area contributed by atoms with Crippen LogP contribution in [0.2, 0.25) is 0 Å². The molecule has 0 saturated heterocycles. The first-order valence-electron chi connectivity index (χ1n) is 6.30. The van der Waals surface area contributed by atoms with E-state index >= 15 is 0 Å². The van der Waals surface area contributed by atoms with Crippen molar-refractivity contribution in [2.24, 2.45) is 0 Å². The normalized spacial score (nSPS) is 13.1.